The smallest absolute Gasteiger partial charge is 0.338 e. The Morgan fingerprint density at radius 2 is 1.68 bits per heavy atom. The number of nitrogens with zero attached hydrogens (tertiary/aromatic N) is 1. The Morgan fingerprint density at radius 3 is 2.25 bits per heavy atom. The van der Waals surface area contributed by atoms with Crippen LogP contribution in [0.25, 0.3) is 0 Å². The molecule has 2 atom stereocenters. The number of carbonyl (C=O) groups excluding carboxylic acids is 4. The fraction of sp³-hybridized carbons (Fsp3) is 0.524. The molecule has 1 aliphatic heterocycles. The van der Waals surface area contributed by atoms with Gasteiger partial charge in [-0.25, -0.2) is 4.79 Å². The third-order valence-corrected chi connectivity index (χ3v) is 5.34. The number of amides is 3. The zero-order valence-electron chi connectivity index (χ0n) is 16.1. The Morgan fingerprint density at radius 1 is 1.07 bits per heavy atom. The molecule has 150 valence electrons. The Kier molecular flexibility index (Phi) is 6.44. The van der Waals surface area contributed by atoms with Gasteiger partial charge in [-0.2, -0.15) is 0 Å². The molecule has 0 unspecified atom stereocenters. The average Bonchev–Trinajstić information content (AvgIpc) is 2.95. The number of hydrogen-bond donors (Lipinski definition) is 1. The minimum Gasteiger partial charge on any atom is -0.462 e. The van der Waals surface area contributed by atoms with Gasteiger partial charge >= 0.3 is 5.97 Å². The van der Waals surface area contributed by atoms with Crippen LogP contribution in [0.1, 0.15) is 55.8 Å². The van der Waals surface area contributed by atoms with Gasteiger partial charge in [0.1, 0.15) is 0 Å². The maximum atomic E-state index is 12.4. The number of ether oxygens (including phenoxy) is 1. The van der Waals surface area contributed by atoms with Crippen molar-refractivity contribution in [3.63, 3.8) is 0 Å². The van der Waals surface area contributed by atoms with Crippen molar-refractivity contribution in [3.8, 4) is 0 Å². The molecule has 0 spiro atoms. The number of carbonyl (C=O) groups is 4. The maximum Gasteiger partial charge on any atom is 0.338 e. The topological polar surface area (TPSA) is 92.8 Å². The van der Waals surface area contributed by atoms with Crippen LogP contribution in [0.15, 0.2) is 24.3 Å². The summed E-state index contributed by atoms with van der Waals surface area (Å²) in [5.41, 5.74) is 0.965. The van der Waals surface area contributed by atoms with Crippen LogP contribution in [0.4, 0.5) is 5.69 Å². The zero-order valence-corrected chi connectivity index (χ0v) is 16.1. The van der Waals surface area contributed by atoms with Gasteiger partial charge in [0.25, 0.3) is 0 Å². The van der Waals surface area contributed by atoms with E-state index in [1.165, 1.54) is 4.90 Å². The molecule has 7 nitrogen and oxygen atoms in total. The summed E-state index contributed by atoms with van der Waals surface area (Å²) in [5.74, 6) is -1.31. The van der Waals surface area contributed by atoms with Gasteiger partial charge in [-0.15, -0.1) is 0 Å². The molecule has 0 aromatic heterocycles. The highest BCUT2D eigenvalue weighted by molar-refractivity contribution is 6.05. The summed E-state index contributed by atoms with van der Waals surface area (Å²) in [6.07, 6.45) is 4.31. The average molecular weight is 386 g/mol. The number of benzene rings is 1. The molecule has 2 fully saturated rings. The van der Waals surface area contributed by atoms with E-state index in [4.69, 9.17) is 4.74 Å². The minimum atomic E-state index is -0.396. The van der Waals surface area contributed by atoms with E-state index in [-0.39, 0.29) is 42.5 Å². The van der Waals surface area contributed by atoms with E-state index in [9.17, 15) is 19.2 Å². The van der Waals surface area contributed by atoms with Crippen molar-refractivity contribution in [2.75, 3.05) is 18.5 Å². The predicted octanol–water partition coefficient (Wildman–Crippen LogP) is 2.76. The van der Waals surface area contributed by atoms with Crippen molar-refractivity contribution in [2.24, 2.45) is 11.8 Å². The number of fused-ring (bicyclic) bond motifs is 1. The molecule has 1 heterocycles. The Balaban J connectivity index is 1.50. The first-order valence-corrected chi connectivity index (χ1v) is 9.93. The quantitative estimate of drug-likeness (QED) is 0.575. The number of rotatable bonds is 7. The largest absolute Gasteiger partial charge is 0.462 e. The third-order valence-electron chi connectivity index (χ3n) is 5.34. The Labute approximate surface area is 164 Å². The molecule has 3 rings (SSSR count). The molecule has 2 aliphatic rings. The van der Waals surface area contributed by atoms with E-state index in [1.807, 2.05) is 6.92 Å². The second-order valence-electron chi connectivity index (χ2n) is 7.34. The molecular formula is C21H26N2O5. The molecule has 7 heteroatoms. The molecule has 3 amide bonds. The van der Waals surface area contributed by atoms with E-state index in [0.29, 0.717) is 17.9 Å². The molecule has 1 N–H and O–H groups in total. The number of hydrogen-bond acceptors (Lipinski definition) is 5. The molecule has 1 aliphatic carbocycles. The highest BCUT2D eigenvalue weighted by Crippen LogP contribution is 2.37. The normalized spacial score (nSPS) is 21.4. The molecule has 1 saturated carbocycles. The highest BCUT2D eigenvalue weighted by Gasteiger charge is 2.47. The molecule has 1 aromatic rings. The van der Waals surface area contributed by atoms with Crippen molar-refractivity contribution >= 4 is 29.4 Å². The van der Waals surface area contributed by atoms with Crippen LogP contribution in [-0.4, -0.2) is 41.7 Å². The van der Waals surface area contributed by atoms with Crippen molar-refractivity contribution < 1.29 is 23.9 Å². The number of anilines is 1. The Bertz CT molecular complexity index is 735. The lowest BCUT2D eigenvalue weighted by atomic mass is 9.81. The molecule has 1 saturated heterocycles. The van der Waals surface area contributed by atoms with E-state index in [1.54, 1.807) is 24.3 Å². The summed E-state index contributed by atoms with van der Waals surface area (Å²) >= 11 is 0. The molecule has 28 heavy (non-hydrogen) atoms. The van der Waals surface area contributed by atoms with E-state index < -0.39 is 5.97 Å². The van der Waals surface area contributed by atoms with Gasteiger partial charge in [-0.3, -0.25) is 19.3 Å². The van der Waals surface area contributed by atoms with Crippen LogP contribution < -0.4 is 5.32 Å². The lowest BCUT2D eigenvalue weighted by Crippen LogP contribution is -2.34. The summed E-state index contributed by atoms with van der Waals surface area (Å²) in [7, 11) is 0. The van der Waals surface area contributed by atoms with Crippen LogP contribution in [0.5, 0.6) is 0 Å². The van der Waals surface area contributed by atoms with Crippen LogP contribution in [0, 0.1) is 11.8 Å². The Hall–Kier alpha value is -2.70. The summed E-state index contributed by atoms with van der Waals surface area (Å²) in [6, 6.07) is 6.43. The highest BCUT2D eigenvalue weighted by atomic mass is 16.5. The van der Waals surface area contributed by atoms with Crippen molar-refractivity contribution in [3.05, 3.63) is 29.8 Å². The van der Waals surface area contributed by atoms with Gasteiger partial charge in [-0.05, 0) is 43.5 Å². The third kappa shape index (κ3) is 4.40. The van der Waals surface area contributed by atoms with Crippen LogP contribution in [0.2, 0.25) is 0 Å². The summed E-state index contributed by atoms with van der Waals surface area (Å²) in [5, 5.41) is 2.73. The second-order valence-corrected chi connectivity index (χ2v) is 7.34. The predicted molar refractivity (Wildman–Crippen MR) is 102 cm³/mol. The first-order valence-electron chi connectivity index (χ1n) is 9.93. The van der Waals surface area contributed by atoms with Gasteiger partial charge in [0, 0.05) is 18.7 Å². The standard InChI is InChI=1S/C21H26N2O5/c1-2-13-28-21(27)14-7-9-15(10-8-14)22-18(24)11-12-23-19(25)16-5-3-4-6-17(16)20(23)26/h7-10,16-17H,2-6,11-13H2,1H3,(H,22,24)/t16-,17+. The number of nitrogens with one attached hydrogen (secondary N) is 1. The number of esters is 1. The van der Waals surface area contributed by atoms with E-state index in [0.717, 1.165) is 32.1 Å². The zero-order chi connectivity index (χ0) is 20.1. The van der Waals surface area contributed by atoms with Gasteiger partial charge in [0.15, 0.2) is 0 Å². The number of likely N-dealkylation sites (tertiary alicyclic amines) is 1. The number of imide groups is 1. The second kappa shape index (κ2) is 8.99. The molecule has 0 bridgehead atoms. The van der Waals surface area contributed by atoms with Gasteiger partial charge < -0.3 is 10.1 Å². The van der Waals surface area contributed by atoms with Crippen molar-refractivity contribution in [1.82, 2.24) is 4.90 Å². The first-order chi connectivity index (χ1) is 13.5. The molecule has 0 radical (unpaired) electrons. The van der Waals surface area contributed by atoms with Crippen LogP contribution in [-0.2, 0) is 19.1 Å². The fourth-order valence-electron chi connectivity index (χ4n) is 3.86. The first kappa shape index (κ1) is 20.0. The SMILES string of the molecule is CCCOC(=O)c1ccc(NC(=O)CCN2C(=O)[C@H]3CCCC[C@H]3C2=O)cc1. The van der Waals surface area contributed by atoms with E-state index >= 15 is 0 Å². The summed E-state index contributed by atoms with van der Waals surface area (Å²) in [4.78, 5) is 50.1. The fourth-order valence-corrected chi connectivity index (χ4v) is 3.86. The molecule has 1 aromatic carbocycles. The van der Waals surface area contributed by atoms with Crippen molar-refractivity contribution in [2.45, 2.75) is 45.4 Å². The van der Waals surface area contributed by atoms with Crippen LogP contribution in [0.3, 0.4) is 0 Å². The summed E-state index contributed by atoms with van der Waals surface area (Å²) in [6.45, 7) is 2.40. The van der Waals surface area contributed by atoms with Crippen molar-refractivity contribution in [1.29, 1.82) is 0 Å². The lowest BCUT2D eigenvalue weighted by molar-refractivity contribution is -0.140. The van der Waals surface area contributed by atoms with Crippen LogP contribution >= 0.6 is 0 Å². The van der Waals surface area contributed by atoms with E-state index in [2.05, 4.69) is 5.32 Å². The summed E-state index contributed by atoms with van der Waals surface area (Å²) < 4.78 is 5.06. The van der Waals surface area contributed by atoms with Gasteiger partial charge in [0.05, 0.1) is 24.0 Å². The molecular weight excluding hydrogens is 360 g/mol. The monoisotopic (exact) mass is 386 g/mol. The van der Waals surface area contributed by atoms with Gasteiger partial charge in [0.2, 0.25) is 17.7 Å². The minimum absolute atomic E-state index is 0.0528. The van der Waals surface area contributed by atoms with Gasteiger partial charge in [-0.1, -0.05) is 19.8 Å². The lowest BCUT2D eigenvalue weighted by Gasteiger charge is -2.19. The maximum absolute atomic E-state index is 12.4.